The number of carbonyl (C=O) groups excluding carboxylic acids is 2. The van der Waals surface area contributed by atoms with Crippen molar-refractivity contribution in [1.29, 1.82) is 0 Å². The van der Waals surface area contributed by atoms with Crippen molar-refractivity contribution in [1.82, 2.24) is 25.1 Å². The number of hydrogen-bond donors (Lipinski definition) is 0. The van der Waals surface area contributed by atoms with E-state index >= 15 is 0 Å². The third-order valence-electron chi connectivity index (χ3n) is 3.72. The molecule has 0 aliphatic carbocycles. The Kier molecular flexibility index (Phi) is 4.42. The van der Waals surface area contributed by atoms with Crippen LogP contribution in [0.15, 0.2) is 23.4 Å². The van der Waals surface area contributed by atoms with Gasteiger partial charge in [0, 0.05) is 25.1 Å². The molecule has 0 N–H and O–H groups in total. The normalized spacial score (nSPS) is 14.8. The predicted octanol–water partition coefficient (Wildman–Crippen LogP) is 1.52. The average Bonchev–Trinajstić information content (AvgIpc) is 3.08. The molecule has 0 unspecified atom stereocenters. The first-order valence-electron chi connectivity index (χ1n) is 7.38. The van der Waals surface area contributed by atoms with Crippen molar-refractivity contribution in [2.24, 2.45) is 0 Å². The lowest BCUT2D eigenvalue weighted by atomic mass is 10.1. The lowest BCUT2D eigenvalue weighted by Gasteiger charge is -2.13. The van der Waals surface area contributed by atoms with Gasteiger partial charge in [0.2, 0.25) is 17.0 Å². The smallest absolute Gasteiger partial charge is 0.229 e. The van der Waals surface area contributed by atoms with Crippen molar-refractivity contribution in [2.75, 3.05) is 12.3 Å². The Hall–Kier alpha value is -2.22. The van der Waals surface area contributed by atoms with Crippen LogP contribution in [0.3, 0.4) is 0 Å². The standard InChI is InChI=1S/C15H17N5O2S/c1-10-3-4-12(11(2)9-10)20-15(16-17-18-20)23-8-7-19-13(21)5-6-14(19)22/h3-4,9H,5-8H2,1-2H3. The fourth-order valence-corrected chi connectivity index (χ4v) is 3.37. The highest BCUT2D eigenvalue weighted by Gasteiger charge is 2.28. The van der Waals surface area contributed by atoms with Gasteiger partial charge < -0.3 is 0 Å². The quantitative estimate of drug-likeness (QED) is 0.610. The van der Waals surface area contributed by atoms with Crippen molar-refractivity contribution in [3.63, 3.8) is 0 Å². The van der Waals surface area contributed by atoms with E-state index in [0.29, 0.717) is 30.3 Å². The van der Waals surface area contributed by atoms with Gasteiger partial charge in [-0.15, -0.1) is 5.10 Å². The molecule has 2 heterocycles. The molecule has 7 nitrogen and oxygen atoms in total. The van der Waals surface area contributed by atoms with Crippen molar-refractivity contribution >= 4 is 23.6 Å². The van der Waals surface area contributed by atoms with E-state index < -0.39 is 0 Å². The highest BCUT2D eigenvalue weighted by Crippen LogP contribution is 2.22. The van der Waals surface area contributed by atoms with Crippen LogP contribution < -0.4 is 0 Å². The predicted molar refractivity (Wildman–Crippen MR) is 85.3 cm³/mol. The van der Waals surface area contributed by atoms with Gasteiger partial charge in [0.1, 0.15) is 0 Å². The maximum absolute atomic E-state index is 11.6. The molecular formula is C15H17N5O2S. The number of imide groups is 1. The van der Waals surface area contributed by atoms with E-state index in [9.17, 15) is 9.59 Å². The summed E-state index contributed by atoms with van der Waals surface area (Å²) in [4.78, 5) is 24.5. The minimum atomic E-state index is -0.0930. The maximum atomic E-state index is 11.6. The molecule has 8 heteroatoms. The fraction of sp³-hybridized carbons (Fsp3) is 0.400. The molecule has 120 valence electrons. The summed E-state index contributed by atoms with van der Waals surface area (Å²) >= 11 is 1.43. The number of thioether (sulfide) groups is 1. The van der Waals surface area contributed by atoms with Gasteiger partial charge in [0.25, 0.3) is 0 Å². The second-order valence-corrected chi connectivity index (χ2v) is 6.51. The second kappa shape index (κ2) is 6.49. The molecule has 1 saturated heterocycles. The summed E-state index contributed by atoms with van der Waals surface area (Å²) in [7, 11) is 0. The van der Waals surface area contributed by atoms with Crippen LogP contribution in [0, 0.1) is 13.8 Å². The van der Waals surface area contributed by atoms with Crippen molar-refractivity contribution in [2.45, 2.75) is 31.8 Å². The number of aromatic nitrogens is 4. The van der Waals surface area contributed by atoms with E-state index in [2.05, 4.69) is 21.6 Å². The molecular weight excluding hydrogens is 314 g/mol. The van der Waals surface area contributed by atoms with Crippen LogP contribution in [-0.2, 0) is 9.59 Å². The lowest BCUT2D eigenvalue weighted by molar-refractivity contribution is -0.137. The molecule has 0 spiro atoms. The number of aryl methyl sites for hydroxylation is 2. The van der Waals surface area contributed by atoms with Crippen LogP contribution in [0.2, 0.25) is 0 Å². The summed E-state index contributed by atoms with van der Waals surface area (Å²) in [6.45, 7) is 4.44. The largest absolute Gasteiger partial charge is 0.282 e. The van der Waals surface area contributed by atoms with Gasteiger partial charge in [-0.3, -0.25) is 14.5 Å². The second-order valence-electron chi connectivity index (χ2n) is 5.45. The summed E-state index contributed by atoms with van der Waals surface area (Å²) < 4.78 is 1.69. The molecule has 1 fully saturated rings. The molecule has 0 bridgehead atoms. The van der Waals surface area contributed by atoms with Crippen molar-refractivity contribution in [3.05, 3.63) is 29.3 Å². The van der Waals surface area contributed by atoms with Gasteiger partial charge in [0.15, 0.2) is 0 Å². The van der Waals surface area contributed by atoms with Gasteiger partial charge in [-0.1, -0.05) is 29.5 Å². The first kappa shape index (κ1) is 15.7. The SMILES string of the molecule is Cc1ccc(-n2nnnc2SCCN2C(=O)CCC2=O)c(C)c1. The number of nitrogens with zero attached hydrogens (tertiary/aromatic N) is 5. The van der Waals surface area contributed by atoms with Crippen LogP contribution in [0.25, 0.3) is 5.69 Å². The molecule has 0 saturated carbocycles. The number of carbonyl (C=O) groups is 2. The van der Waals surface area contributed by atoms with Crippen LogP contribution in [-0.4, -0.2) is 49.2 Å². The zero-order valence-electron chi connectivity index (χ0n) is 13.0. The van der Waals surface area contributed by atoms with Crippen LogP contribution >= 0.6 is 11.8 Å². The Morgan fingerprint density at radius 1 is 1.17 bits per heavy atom. The number of amides is 2. The maximum Gasteiger partial charge on any atom is 0.229 e. The van der Waals surface area contributed by atoms with Crippen LogP contribution in [0.5, 0.6) is 0 Å². The molecule has 0 atom stereocenters. The topological polar surface area (TPSA) is 81.0 Å². The molecule has 0 radical (unpaired) electrons. The van der Waals surface area contributed by atoms with E-state index in [1.165, 1.54) is 22.2 Å². The van der Waals surface area contributed by atoms with Gasteiger partial charge in [0.05, 0.1) is 5.69 Å². The van der Waals surface area contributed by atoms with E-state index in [4.69, 9.17) is 0 Å². The molecule has 3 rings (SSSR count). The Labute approximate surface area is 138 Å². The molecule has 1 aromatic carbocycles. The number of tetrazole rings is 1. The molecule has 23 heavy (non-hydrogen) atoms. The van der Waals surface area contributed by atoms with Gasteiger partial charge in [-0.25, -0.2) is 0 Å². The molecule has 1 aliphatic rings. The molecule has 1 aromatic heterocycles. The van der Waals surface area contributed by atoms with Crippen molar-refractivity contribution < 1.29 is 9.59 Å². The minimum Gasteiger partial charge on any atom is -0.282 e. The molecule has 2 aromatic rings. The zero-order valence-corrected chi connectivity index (χ0v) is 13.8. The van der Waals surface area contributed by atoms with Gasteiger partial charge in [-0.05, 0) is 35.9 Å². The Morgan fingerprint density at radius 2 is 1.91 bits per heavy atom. The third kappa shape index (κ3) is 3.26. The van der Waals surface area contributed by atoms with Gasteiger partial charge in [-0.2, -0.15) is 4.68 Å². The monoisotopic (exact) mass is 331 g/mol. The highest BCUT2D eigenvalue weighted by molar-refractivity contribution is 7.99. The summed E-state index contributed by atoms with van der Waals surface area (Å²) in [5, 5.41) is 12.5. The summed E-state index contributed by atoms with van der Waals surface area (Å²) in [6.07, 6.45) is 0.646. The Bertz CT molecular complexity index is 742. The fourth-order valence-electron chi connectivity index (χ4n) is 2.56. The third-order valence-corrected chi connectivity index (χ3v) is 4.62. The average molecular weight is 331 g/mol. The summed E-state index contributed by atoms with van der Waals surface area (Å²) in [5.41, 5.74) is 3.19. The first-order chi connectivity index (χ1) is 11.1. The Balaban J connectivity index is 1.69. The first-order valence-corrected chi connectivity index (χ1v) is 8.37. The van der Waals surface area contributed by atoms with Crippen molar-refractivity contribution in [3.8, 4) is 5.69 Å². The summed E-state index contributed by atoms with van der Waals surface area (Å²) in [6, 6.07) is 6.08. The number of likely N-dealkylation sites (tertiary alicyclic amines) is 1. The zero-order chi connectivity index (χ0) is 16.4. The van der Waals surface area contributed by atoms with E-state index in [1.54, 1.807) is 4.68 Å². The summed E-state index contributed by atoms with van der Waals surface area (Å²) in [5.74, 6) is 0.386. The van der Waals surface area contributed by atoms with Crippen LogP contribution in [0.1, 0.15) is 24.0 Å². The minimum absolute atomic E-state index is 0.0930. The van der Waals surface area contributed by atoms with E-state index in [-0.39, 0.29) is 11.8 Å². The molecule has 2 amide bonds. The number of rotatable bonds is 5. The van der Waals surface area contributed by atoms with Gasteiger partial charge >= 0.3 is 0 Å². The number of hydrogen-bond acceptors (Lipinski definition) is 6. The van der Waals surface area contributed by atoms with Crippen LogP contribution in [0.4, 0.5) is 0 Å². The van der Waals surface area contributed by atoms with E-state index in [1.807, 2.05) is 26.0 Å². The van der Waals surface area contributed by atoms with E-state index in [0.717, 1.165) is 11.3 Å². The lowest BCUT2D eigenvalue weighted by Crippen LogP contribution is -2.31. The highest BCUT2D eigenvalue weighted by atomic mass is 32.2. The number of benzene rings is 1. The molecule has 1 aliphatic heterocycles. The Morgan fingerprint density at radius 3 is 2.61 bits per heavy atom.